The third-order valence-corrected chi connectivity index (χ3v) is 4.49. The highest BCUT2D eigenvalue weighted by molar-refractivity contribution is 7.10. The molecule has 0 fully saturated rings. The average Bonchev–Trinajstić information content (AvgIpc) is 3.00. The molecule has 0 aliphatic heterocycles. The molecular formula is C18H25NOS. The number of hydrogen-bond donors (Lipinski definition) is 1. The highest BCUT2D eigenvalue weighted by Crippen LogP contribution is 2.24. The molecule has 0 radical (unpaired) electrons. The zero-order valence-electron chi connectivity index (χ0n) is 13.3. The lowest BCUT2D eigenvalue weighted by Crippen LogP contribution is -2.21. The van der Waals surface area contributed by atoms with Gasteiger partial charge in [-0.1, -0.05) is 32.0 Å². The van der Waals surface area contributed by atoms with Gasteiger partial charge in [-0.25, -0.2) is 0 Å². The van der Waals surface area contributed by atoms with Crippen LogP contribution in [0.1, 0.15) is 50.2 Å². The second-order valence-corrected chi connectivity index (χ2v) is 6.88. The van der Waals surface area contributed by atoms with Crippen LogP contribution in [0.2, 0.25) is 0 Å². The van der Waals surface area contributed by atoms with Crippen LogP contribution in [0.3, 0.4) is 0 Å². The van der Waals surface area contributed by atoms with Gasteiger partial charge in [-0.15, -0.1) is 11.3 Å². The molecule has 1 unspecified atom stereocenters. The number of benzene rings is 1. The maximum Gasteiger partial charge on any atom is 0.119 e. The molecule has 1 aromatic carbocycles. The van der Waals surface area contributed by atoms with Crippen LogP contribution in [0.25, 0.3) is 0 Å². The lowest BCUT2D eigenvalue weighted by atomic mass is 10.1. The number of thiophene rings is 1. The van der Waals surface area contributed by atoms with Crippen molar-refractivity contribution in [2.45, 2.75) is 39.8 Å². The first kappa shape index (κ1) is 16.1. The van der Waals surface area contributed by atoms with Gasteiger partial charge in [0.05, 0.1) is 6.61 Å². The van der Waals surface area contributed by atoms with Crippen LogP contribution in [0.15, 0.2) is 41.8 Å². The third kappa shape index (κ3) is 4.87. The van der Waals surface area contributed by atoms with Crippen molar-refractivity contribution in [2.75, 3.05) is 6.61 Å². The number of hydrogen-bond acceptors (Lipinski definition) is 3. The Hall–Kier alpha value is -1.32. The van der Waals surface area contributed by atoms with Gasteiger partial charge < -0.3 is 10.1 Å². The summed E-state index contributed by atoms with van der Waals surface area (Å²) >= 11 is 1.80. The van der Waals surface area contributed by atoms with Gasteiger partial charge in [0, 0.05) is 17.0 Å². The lowest BCUT2D eigenvalue weighted by Gasteiger charge is -2.20. The first-order chi connectivity index (χ1) is 10.1. The van der Waals surface area contributed by atoms with Crippen molar-refractivity contribution in [1.29, 1.82) is 0 Å². The summed E-state index contributed by atoms with van der Waals surface area (Å²) < 4.78 is 5.72. The number of ether oxygens (including phenoxy) is 1. The van der Waals surface area contributed by atoms with Crippen LogP contribution in [0, 0.1) is 5.92 Å². The van der Waals surface area contributed by atoms with E-state index >= 15 is 0 Å². The summed E-state index contributed by atoms with van der Waals surface area (Å²) in [4.78, 5) is 1.37. The monoisotopic (exact) mass is 303 g/mol. The van der Waals surface area contributed by atoms with Crippen molar-refractivity contribution in [3.8, 4) is 5.75 Å². The van der Waals surface area contributed by atoms with E-state index in [1.54, 1.807) is 11.3 Å². The van der Waals surface area contributed by atoms with Gasteiger partial charge >= 0.3 is 0 Å². The molecule has 1 N–H and O–H groups in total. The molecule has 21 heavy (non-hydrogen) atoms. The normalized spacial score (nSPS) is 14.1. The van der Waals surface area contributed by atoms with Gasteiger partial charge in [0.25, 0.3) is 0 Å². The standard InChI is InChI=1S/C18H25NOS/c1-13(2)12-20-17-9-7-16(8-10-17)14(3)19-15(4)18-6-5-11-21-18/h5-11,13-15,19H,12H2,1-4H3/t14?,15-/m0/s1. The number of rotatable bonds is 7. The first-order valence-electron chi connectivity index (χ1n) is 7.58. The molecule has 2 rings (SSSR count). The second kappa shape index (κ2) is 7.62. The summed E-state index contributed by atoms with van der Waals surface area (Å²) in [5.74, 6) is 1.50. The fraction of sp³-hybridized carbons (Fsp3) is 0.444. The van der Waals surface area contributed by atoms with Crippen LogP contribution in [0.4, 0.5) is 0 Å². The summed E-state index contributed by atoms with van der Waals surface area (Å²) in [5.41, 5.74) is 1.29. The van der Waals surface area contributed by atoms with Gasteiger partial charge in [0.2, 0.25) is 0 Å². The van der Waals surface area contributed by atoms with E-state index < -0.39 is 0 Å². The van der Waals surface area contributed by atoms with Gasteiger partial charge in [0.15, 0.2) is 0 Å². The average molecular weight is 303 g/mol. The molecule has 1 heterocycles. The van der Waals surface area contributed by atoms with E-state index in [9.17, 15) is 0 Å². The molecule has 2 nitrogen and oxygen atoms in total. The maximum atomic E-state index is 5.72. The fourth-order valence-corrected chi connectivity index (χ4v) is 2.95. The van der Waals surface area contributed by atoms with E-state index in [0.717, 1.165) is 12.4 Å². The van der Waals surface area contributed by atoms with E-state index in [1.165, 1.54) is 10.4 Å². The van der Waals surface area contributed by atoms with Crippen molar-refractivity contribution in [2.24, 2.45) is 5.92 Å². The predicted octanol–water partition coefficient (Wildman–Crippen LogP) is 5.19. The highest BCUT2D eigenvalue weighted by atomic mass is 32.1. The molecule has 0 spiro atoms. The molecule has 114 valence electrons. The topological polar surface area (TPSA) is 21.3 Å². The van der Waals surface area contributed by atoms with Gasteiger partial charge in [0.1, 0.15) is 5.75 Å². The zero-order valence-corrected chi connectivity index (χ0v) is 14.1. The Morgan fingerprint density at radius 3 is 2.29 bits per heavy atom. The van der Waals surface area contributed by atoms with E-state index in [2.05, 4.69) is 74.8 Å². The molecule has 0 aliphatic carbocycles. The summed E-state index contributed by atoms with van der Waals surface area (Å²) in [6, 6.07) is 13.4. The Labute approximate surface area is 132 Å². The minimum absolute atomic E-state index is 0.321. The third-order valence-electron chi connectivity index (χ3n) is 3.43. The quantitative estimate of drug-likeness (QED) is 0.759. The maximum absolute atomic E-state index is 5.72. The van der Waals surface area contributed by atoms with Gasteiger partial charge in [-0.3, -0.25) is 0 Å². The Bertz CT molecular complexity index is 519. The van der Waals surface area contributed by atoms with E-state index in [0.29, 0.717) is 18.0 Å². The van der Waals surface area contributed by atoms with Crippen molar-refractivity contribution in [1.82, 2.24) is 5.32 Å². The molecule has 0 aliphatic rings. The summed E-state index contributed by atoms with van der Waals surface area (Å²) in [6.07, 6.45) is 0. The Morgan fingerprint density at radius 2 is 1.71 bits per heavy atom. The molecular weight excluding hydrogens is 278 g/mol. The predicted molar refractivity (Wildman–Crippen MR) is 91.1 cm³/mol. The summed E-state index contributed by atoms with van der Waals surface area (Å²) in [7, 11) is 0. The van der Waals surface area contributed by atoms with E-state index in [4.69, 9.17) is 4.74 Å². The Morgan fingerprint density at radius 1 is 1.00 bits per heavy atom. The van der Waals surface area contributed by atoms with Crippen molar-refractivity contribution < 1.29 is 4.74 Å². The minimum Gasteiger partial charge on any atom is -0.493 e. The van der Waals surface area contributed by atoms with Crippen molar-refractivity contribution >= 4 is 11.3 Å². The first-order valence-corrected chi connectivity index (χ1v) is 8.46. The Kier molecular flexibility index (Phi) is 5.83. The van der Waals surface area contributed by atoms with Crippen LogP contribution in [-0.2, 0) is 0 Å². The molecule has 1 aromatic heterocycles. The largest absolute Gasteiger partial charge is 0.493 e. The molecule has 0 amide bonds. The van der Waals surface area contributed by atoms with Crippen molar-refractivity contribution in [3.05, 3.63) is 52.2 Å². The lowest BCUT2D eigenvalue weighted by molar-refractivity contribution is 0.271. The summed E-state index contributed by atoms with van der Waals surface area (Å²) in [6.45, 7) is 9.50. The van der Waals surface area contributed by atoms with E-state index in [1.807, 2.05) is 0 Å². The van der Waals surface area contributed by atoms with Gasteiger partial charge in [-0.05, 0) is 48.9 Å². The zero-order chi connectivity index (χ0) is 15.2. The highest BCUT2D eigenvalue weighted by Gasteiger charge is 2.11. The Balaban J connectivity index is 1.91. The van der Waals surface area contributed by atoms with Crippen molar-refractivity contribution in [3.63, 3.8) is 0 Å². The second-order valence-electron chi connectivity index (χ2n) is 5.90. The molecule has 2 atom stereocenters. The van der Waals surface area contributed by atoms with E-state index in [-0.39, 0.29) is 0 Å². The van der Waals surface area contributed by atoms with Gasteiger partial charge in [-0.2, -0.15) is 0 Å². The smallest absolute Gasteiger partial charge is 0.119 e. The molecule has 0 bridgehead atoms. The molecule has 0 saturated heterocycles. The van der Waals surface area contributed by atoms with Crippen LogP contribution < -0.4 is 10.1 Å². The molecule has 3 heteroatoms. The molecule has 2 aromatic rings. The minimum atomic E-state index is 0.321. The van der Waals surface area contributed by atoms with Crippen LogP contribution in [0.5, 0.6) is 5.75 Å². The van der Waals surface area contributed by atoms with Crippen LogP contribution >= 0.6 is 11.3 Å². The molecule has 0 saturated carbocycles. The fourth-order valence-electron chi connectivity index (χ4n) is 2.21. The van der Waals surface area contributed by atoms with Crippen LogP contribution in [-0.4, -0.2) is 6.61 Å². The SMILES string of the molecule is CC(C)COc1ccc(C(C)N[C@@H](C)c2cccs2)cc1. The number of nitrogens with one attached hydrogen (secondary N) is 1. The summed E-state index contributed by atoms with van der Waals surface area (Å²) in [5, 5.41) is 5.76.